The molecule has 118 valence electrons. The molecule has 2 aromatic rings. The van der Waals surface area contributed by atoms with Crippen LogP contribution in [0.3, 0.4) is 0 Å². The summed E-state index contributed by atoms with van der Waals surface area (Å²) >= 11 is 0. The molecular formula is C17H23N3O2. The van der Waals surface area contributed by atoms with Gasteiger partial charge in [-0.1, -0.05) is 12.1 Å². The Kier molecular flexibility index (Phi) is 3.99. The number of aromatic amines is 1. The molecular weight excluding hydrogens is 278 g/mol. The van der Waals surface area contributed by atoms with Crippen molar-refractivity contribution in [2.75, 3.05) is 31.2 Å². The molecule has 2 fully saturated rings. The molecule has 0 bridgehead atoms. The molecule has 1 aromatic carbocycles. The summed E-state index contributed by atoms with van der Waals surface area (Å²) in [7, 11) is 0. The molecule has 0 saturated carbocycles. The Morgan fingerprint density at radius 1 is 1.23 bits per heavy atom. The van der Waals surface area contributed by atoms with E-state index in [4.69, 9.17) is 9.47 Å². The normalized spacial score (nSPS) is 23.5. The molecule has 4 rings (SSSR count). The summed E-state index contributed by atoms with van der Waals surface area (Å²) in [6.45, 7) is 3.65. The number of nitrogens with zero attached hydrogens (tertiary/aromatic N) is 2. The number of aromatic nitrogens is 2. The summed E-state index contributed by atoms with van der Waals surface area (Å²) in [4.78, 5) is 10.4. The predicted molar refractivity (Wildman–Crippen MR) is 86.3 cm³/mol. The molecule has 1 atom stereocenters. The van der Waals surface area contributed by atoms with E-state index in [0.717, 1.165) is 62.5 Å². The van der Waals surface area contributed by atoms with Gasteiger partial charge in [-0.25, -0.2) is 4.98 Å². The number of fused-ring (bicyclic) bond motifs is 1. The van der Waals surface area contributed by atoms with E-state index in [1.54, 1.807) is 0 Å². The molecule has 0 radical (unpaired) electrons. The molecule has 5 nitrogen and oxygen atoms in total. The number of anilines is 1. The van der Waals surface area contributed by atoms with Crippen LogP contribution in [0.1, 0.15) is 25.7 Å². The van der Waals surface area contributed by atoms with E-state index >= 15 is 0 Å². The molecule has 3 heterocycles. The minimum atomic E-state index is 0.327. The fraction of sp³-hybridized carbons (Fsp3) is 0.588. The number of para-hydroxylation sites is 2. The van der Waals surface area contributed by atoms with Crippen LogP contribution in [0.4, 0.5) is 5.95 Å². The van der Waals surface area contributed by atoms with Crippen LogP contribution in [-0.2, 0) is 9.47 Å². The molecule has 1 aromatic heterocycles. The van der Waals surface area contributed by atoms with Crippen LogP contribution in [0.15, 0.2) is 24.3 Å². The van der Waals surface area contributed by atoms with Crippen molar-refractivity contribution in [2.45, 2.75) is 37.9 Å². The van der Waals surface area contributed by atoms with Crippen molar-refractivity contribution >= 4 is 17.0 Å². The number of ether oxygens (including phenoxy) is 2. The zero-order chi connectivity index (χ0) is 14.8. The number of imidazole rings is 1. The fourth-order valence-electron chi connectivity index (χ4n) is 3.34. The number of hydrogen-bond acceptors (Lipinski definition) is 4. The van der Waals surface area contributed by atoms with Gasteiger partial charge in [0.1, 0.15) is 0 Å². The first kappa shape index (κ1) is 14.0. The molecule has 1 N–H and O–H groups in total. The number of nitrogens with one attached hydrogen (secondary N) is 1. The van der Waals surface area contributed by atoms with E-state index in [0.29, 0.717) is 12.2 Å². The second-order valence-corrected chi connectivity index (χ2v) is 6.23. The first-order valence-corrected chi connectivity index (χ1v) is 8.31. The van der Waals surface area contributed by atoms with E-state index in [1.807, 2.05) is 18.2 Å². The second kappa shape index (κ2) is 6.26. The topological polar surface area (TPSA) is 50.4 Å². The average Bonchev–Trinajstić information content (AvgIpc) is 3.22. The molecule has 5 heteroatoms. The van der Waals surface area contributed by atoms with Gasteiger partial charge in [0, 0.05) is 19.7 Å². The summed E-state index contributed by atoms with van der Waals surface area (Å²) in [5, 5.41) is 0. The van der Waals surface area contributed by atoms with Crippen LogP contribution < -0.4 is 4.90 Å². The minimum Gasteiger partial charge on any atom is -0.376 e. The third-order valence-electron chi connectivity index (χ3n) is 4.66. The molecule has 2 aliphatic rings. The van der Waals surface area contributed by atoms with Crippen molar-refractivity contribution in [3.63, 3.8) is 0 Å². The van der Waals surface area contributed by atoms with Gasteiger partial charge in [0.05, 0.1) is 29.8 Å². The molecule has 2 aliphatic heterocycles. The highest BCUT2D eigenvalue weighted by atomic mass is 16.5. The highest BCUT2D eigenvalue weighted by Crippen LogP contribution is 2.22. The van der Waals surface area contributed by atoms with Crippen LogP contribution in [0.25, 0.3) is 11.0 Å². The quantitative estimate of drug-likeness (QED) is 0.943. The Labute approximate surface area is 130 Å². The Morgan fingerprint density at radius 3 is 2.86 bits per heavy atom. The summed E-state index contributed by atoms with van der Waals surface area (Å²) in [6.07, 6.45) is 5.14. The number of H-pyrrole nitrogens is 1. The van der Waals surface area contributed by atoms with Gasteiger partial charge in [0.2, 0.25) is 5.95 Å². The predicted octanol–water partition coefficient (Wildman–Crippen LogP) is 2.73. The van der Waals surface area contributed by atoms with E-state index in [-0.39, 0.29) is 0 Å². The van der Waals surface area contributed by atoms with Crippen LogP contribution in [0.5, 0.6) is 0 Å². The maximum absolute atomic E-state index is 6.03. The molecule has 0 aliphatic carbocycles. The van der Waals surface area contributed by atoms with Crippen LogP contribution >= 0.6 is 0 Å². The zero-order valence-electron chi connectivity index (χ0n) is 12.8. The number of rotatable bonds is 4. The standard InChI is InChI=1S/C17H23N3O2/c1-2-6-16-15(5-1)18-17(19-16)20-9-7-13(8-10-20)22-12-14-4-3-11-21-14/h1-2,5-6,13-14H,3-4,7-12H2,(H,18,19). The molecule has 0 spiro atoms. The van der Waals surface area contributed by atoms with Crippen molar-refractivity contribution in [3.05, 3.63) is 24.3 Å². The van der Waals surface area contributed by atoms with Crippen molar-refractivity contribution < 1.29 is 9.47 Å². The maximum atomic E-state index is 6.03. The van der Waals surface area contributed by atoms with E-state index < -0.39 is 0 Å². The van der Waals surface area contributed by atoms with E-state index in [1.165, 1.54) is 6.42 Å². The van der Waals surface area contributed by atoms with Gasteiger partial charge in [0.25, 0.3) is 0 Å². The number of hydrogen-bond donors (Lipinski definition) is 1. The molecule has 1 unspecified atom stereocenters. The summed E-state index contributed by atoms with van der Waals surface area (Å²) in [5.74, 6) is 0.985. The molecule has 2 saturated heterocycles. The Hall–Kier alpha value is -1.59. The lowest BCUT2D eigenvalue weighted by Gasteiger charge is -2.32. The Bertz CT molecular complexity index is 580. The Balaban J connectivity index is 1.31. The highest BCUT2D eigenvalue weighted by Gasteiger charge is 2.24. The summed E-state index contributed by atoms with van der Waals surface area (Å²) in [5.41, 5.74) is 2.14. The summed E-state index contributed by atoms with van der Waals surface area (Å²) < 4.78 is 11.6. The van der Waals surface area contributed by atoms with Crippen LogP contribution in [-0.4, -0.2) is 48.5 Å². The van der Waals surface area contributed by atoms with Gasteiger partial charge in [-0.3, -0.25) is 0 Å². The first-order chi connectivity index (χ1) is 10.9. The van der Waals surface area contributed by atoms with Gasteiger partial charge in [-0.05, 0) is 37.8 Å². The van der Waals surface area contributed by atoms with Crippen molar-refractivity contribution in [2.24, 2.45) is 0 Å². The van der Waals surface area contributed by atoms with Crippen LogP contribution in [0.2, 0.25) is 0 Å². The lowest BCUT2D eigenvalue weighted by molar-refractivity contribution is -0.0280. The largest absolute Gasteiger partial charge is 0.376 e. The smallest absolute Gasteiger partial charge is 0.203 e. The zero-order valence-corrected chi connectivity index (χ0v) is 12.8. The van der Waals surface area contributed by atoms with E-state index in [9.17, 15) is 0 Å². The number of benzene rings is 1. The average molecular weight is 301 g/mol. The van der Waals surface area contributed by atoms with Crippen molar-refractivity contribution in [1.29, 1.82) is 0 Å². The van der Waals surface area contributed by atoms with Crippen molar-refractivity contribution in [1.82, 2.24) is 9.97 Å². The Morgan fingerprint density at radius 2 is 2.09 bits per heavy atom. The van der Waals surface area contributed by atoms with Gasteiger partial charge in [-0.2, -0.15) is 0 Å². The van der Waals surface area contributed by atoms with Crippen molar-refractivity contribution in [3.8, 4) is 0 Å². The fourth-order valence-corrected chi connectivity index (χ4v) is 3.34. The second-order valence-electron chi connectivity index (χ2n) is 6.23. The SMILES string of the molecule is c1ccc2[nH]c(N3CCC(OCC4CCCO4)CC3)nc2c1. The monoisotopic (exact) mass is 301 g/mol. The highest BCUT2D eigenvalue weighted by molar-refractivity contribution is 5.77. The van der Waals surface area contributed by atoms with Gasteiger partial charge >= 0.3 is 0 Å². The van der Waals surface area contributed by atoms with Gasteiger partial charge in [0.15, 0.2) is 0 Å². The molecule has 0 amide bonds. The number of piperidine rings is 1. The third-order valence-corrected chi connectivity index (χ3v) is 4.66. The molecule has 22 heavy (non-hydrogen) atoms. The first-order valence-electron chi connectivity index (χ1n) is 8.31. The third kappa shape index (κ3) is 2.96. The van der Waals surface area contributed by atoms with Gasteiger partial charge in [-0.15, -0.1) is 0 Å². The van der Waals surface area contributed by atoms with Crippen LogP contribution in [0, 0.1) is 0 Å². The maximum Gasteiger partial charge on any atom is 0.203 e. The summed E-state index contributed by atoms with van der Waals surface area (Å²) in [6, 6.07) is 8.18. The lowest BCUT2D eigenvalue weighted by Crippen LogP contribution is -2.38. The lowest BCUT2D eigenvalue weighted by atomic mass is 10.1. The minimum absolute atomic E-state index is 0.327. The van der Waals surface area contributed by atoms with E-state index in [2.05, 4.69) is 20.9 Å². The van der Waals surface area contributed by atoms with Gasteiger partial charge < -0.3 is 19.4 Å².